The summed E-state index contributed by atoms with van der Waals surface area (Å²) in [5.74, 6) is 1.09. The molecule has 2 fully saturated rings. The fraction of sp³-hybridized carbons (Fsp3) is 0.370. The number of nitrogens with zero attached hydrogens (tertiary/aromatic N) is 5. The van der Waals surface area contributed by atoms with Crippen molar-refractivity contribution in [2.24, 2.45) is 5.16 Å². The molecule has 1 atom stereocenters. The third-order valence-electron chi connectivity index (χ3n) is 6.92. The highest BCUT2D eigenvalue weighted by atomic mass is 16.6. The molecule has 3 heterocycles. The summed E-state index contributed by atoms with van der Waals surface area (Å²) in [6.45, 7) is 3.27. The number of rotatable bonds is 5. The molecule has 0 aliphatic carbocycles. The van der Waals surface area contributed by atoms with Crippen LogP contribution in [-0.4, -0.2) is 64.2 Å². The van der Waals surface area contributed by atoms with Crippen molar-refractivity contribution in [2.45, 2.75) is 38.1 Å². The van der Waals surface area contributed by atoms with Gasteiger partial charge in [0, 0.05) is 37.9 Å². The monoisotopic (exact) mass is 487 g/mol. The zero-order valence-corrected chi connectivity index (χ0v) is 20.5. The summed E-state index contributed by atoms with van der Waals surface area (Å²) in [6, 6.07) is 17.3. The average Bonchev–Trinajstić information content (AvgIpc) is 3.57. The van der Waals surface area contributed by atoms with Crippen molar-refractivity contribution in [1.82, 2.24) is 19.9 Å². The van der Waals surface area contributed by atoms with Crippen molar-refractivity contribution < 1.29 is 18.9 Å². The summed E-state index contributed by atoms with van der Waals surface area (Å²) < 4.78 is 5.63. The van der Waals surface area contributed by atoms with E-state index in [1.807, 2.05) is 59.5 Å². The first kappa shape index (κ1) is 23.7. The van der Waals surface area contributed by atoms with E-state index < -0.39 is 6.04 Å². The van der Waals surface area contributed by atoms with E-state index >= 15 is 0 Å². The van der Waals surface area contributed by atoms with Gasteiger partial charge < -0.3 is 19.2 Å². The Labute approximate surface area is 209 Å². The van der Waals surface area contributed by atoms with Gasteiger partial charge >= 0.3 is 0 Å². The number of carbonyl (C=O) groups is 2. The van der Waals surface area contributed by atoms with E-state index in [-0.39, 0.29) is 17.7 Å². The molecular weight excluding hydrogens is 458 g/mol. The van der Waals surface area contributed by atoms with Gasteiger partial charge in [0.25, 0.3) is 5.91 Å². The number of oxime groups is 1. The first-order valence-corrected chi connectivity index (χ1v) is 12.2. The molecule has 2 saturated heterocycles. The molecule has 0 bridgehead atoms. The first-order chi connectivity index (χ1) is 17.5. The van der Waals surface area contributed by atoms with Crippen LogP contribution in [0.15, 0.2) is 64.3 Å². The molecule has 9 heteroatoms. The van der Waals surface area contributed by atoms with Gasteiger partial charge in [-0.15, -0.1) is 0 Å². The molecule has 2 aromatic carbocycles. The number of likely N-dealkylation sites (tertiary alicyclic amines) is 2. The van der Waals surface area contributed by atoms with Crippen LogP contribution in [0, 0.1) is 0 Å². The maximum atomic E-state index is 13.5. The predicted octanol–water partition coefficient (Wildman–Crippen LogP) is 4.05. The Kier molecular flexibility index (Phi) is 6.79. The second kappa shape index (κ2) is 10.3. The summed E-state index contributed by atoms with van der Waals surface area (Å²) in [5, 5.41) is 8.35. The molecule has 186 valence electrons. The Bertz CT molecular complexity index is 1250. The quantitative estimate of drug-likeness (QED) is 0.503. The summed E-state index contributed by atoms with van der Waals surface area (Å²) in [4.78, 5) is 38.4. The molecule has 2 aliphatic rings. The minimum atomic E-state index is -0.394. The lowest BCUT2D eigenvalue weighted by molar-refractivity contribution is -0.129. The van der Waals surface area contributed by atoms with Crippen molar-refractivity contribution in [3.63, 3.8) is 0 Å². The van der Waals surface area contributed by atoms with Crippen molar-refractivity contribution in [1.29, 1.82) is 0 Å². The summed E-state index contributed by atoms with van der Waals surface area (Å²) in [7, 11) is 1.49. The van der Waals surface area contributed by atoms with Gasteiger partial charge in [-0.25, -0.2) is 0 Å². The zero-order valence-electron chi connectivity index (χ0n) is 20.5. The van der Waals surface area contributed by atoms with E-state index in [9.17, 15) is 9.59 Å². The second-order valence-corrected chi connectivity index (χ2v) is 9.21. The molecule has 2 amide bonds. The Morgan fingerprint density at radius 2 is 1.72 bits per heavy atom. The molecule has 9 nitrogen and oxygen atoms in total. The minimum absolute atomic E-state index is 0.0848. The van der Waals surface area contributed by atoms with Gasteiger partial charge in [0.15, 0.2) is 5.82 Å². The third-order valence-corrected chi connectivity index (χ3v) is 6.92. The molecule has 2 aliphatic heterocycles. The van der Waals surface area contributed by atoms with E-state index in [2.05, 4.69) is 15.3 Å². The number of piperidine rings is 1. The van der Waals surface area contributed by atoms with Crippen LogP contribution in [0.3, 0.4) is 0 Å². The van der Waals surface area contributed by atoms with Gasteiger partial charge in [-0.1, -0.05) is 52.8 Å². The van der Waals surface area contributed by atoms with Crippen LogP contribution >= 0.6 is 0 Å². The molecule has 36 heavy (non-hydrogen) atoms. The predicted molar refractivity (Wildman–Crippen MR) is 133 cm³/mol. The van der Waals surface area contributed by atoms with Crippen LogP contribution < -0.4 is 0 Å². The smallest absolute Gasteiger partial charge is 0.254 e. The molecule has 0 N–H and O–H groups in total. The fourth-order valence-electron chi connectivity index (χ4n) is 4.94. The van der Waals surface area contributed by atoms with Crippen molar-refractivity contribution in [3.05, 3.63) is 71.9 Å². The zero-order chi connectivity index (χ0) is 25.1. The lowest BCUT2D eigenvalue weighted by Gasteiger charge is -2.29. The van der Waals surface area contributed by atoms with Crippen molar-refractivity contribution in [2.75, 3.05) is 26.7 Å². The maximum Gasteiger partial charge on any atom is 0.254 e. The van der Waals surface area contributed by atoms with Crippen LogP contribution in [0.1, 0.15) is 60.2 Å². The number of hydrogen-bond donors (Lipinski definition) is 0. The normalized spacial score (nSPS) is 19.6. The van der Waals surface area contributed by atoms with Crippen LogP contribution in [0.5, 0.6) is 0 Å². The maximum absolute atomic E-state index is 13.5. The van der Waals surface area contributed by atoms with Gasteiger partial charge in [0.05, 0.1) is 12.3 Å². The van der Waals surface area contributed by atoms with E-state index in [1.165, 1.54) is 7.11 Å². The standard InChI is InChI=1S/C27H29N5O4/c1-18(33)31-14-12-21(13-15-31)26-28-25(30-36-26)24-16-23(29-35-2)17-32(24)27(34)22-10-8-20(9-11-22)19-6-4-3-5-7-19/h3-11,21,24H,12-17H2,1-2H3/b29-23+/t24-/m0/s1. The van der Waals surface area contributed by atoms with E-state index in [0.29, 0.717) is 43.3 Å². The number of amides is 2. The molecule has 5 rings (SSSR count). The number of aromatic nitrogens is 2. The van der Waals surface area contributed by atoms with Gasteiger partial charge in [-0.3, -0.25) is 9.59 Å². The highest BCUT2D eigenvalue weighted by Gasteiger charge is 2.38. The van der Waals surface area contributed by atoms with Crippen molar-refractivity contribution in [3.8, 4) is 11.1 Å². The molecule has 0 saturated carbocycles. The Morgan fingerprint density at radius 3 is 2.39 bits per heavy atom. The highest BCUT2D eigenvalue weighted by molar-refractivity contribution is 6.00. The lowest BCUT2D eigenvalue weighted by atomic mass is 9.97. The molecule has 1 aromatic heterocycles. The Morgan fingerprint density at radius 1 is 1.03 bits per heavy atom. The summed E-state index contributed by atoms with van der Waals surface area (Å²) >= 11 is 0. The molecule has 0 unspecified atom stereocenters. The summed E-state index contributed by atoms with van der Waals surface area (Å²) in [5.41, 5.74) is 3.47. The SMILES string of the molecule is CO/N=C1\C[C@@H](c2noc(C3CCN(C(C)=O)CC3)n2)N(C(=O)c2ccc(-c3ccccc3)cc2)C1. The third kappa shape index (κ3) is 4.86. The van der Waals surface area contributed by atoms with E-state index in [1.54, 1.807) is 11.8 Å². The molecular formula is C27H29N5O4. The van der Waals surface area contributed by atoms with Crippen LogP contribution in [-0.2, 0) is 9.63 Å². The number of benzene rings is 2. The number of carbonyl (C=O) groups excluding carboxylic acids is 2. The lowest BCUT2D eigenvalue weighted by Crippen LogP contribution is -2.36. The van der Waals surface area contributed by atoms with E-state index in [4.69, 9.17) is 9.36 Å². The van der Waals surface area contributed by atoms with Crippen LogP contribution in [0.25, 0.3) is 11.1 Å². The van der Waals surface area contributed by atoms with Gasteiger partial charge in [-0.2, -0.15) is 4.98 Å². The van der Waals surface area contributed by atoms with Gasteiger partial charge in [0.2, 0.25) is 11.8 Å². The van der Waals surface area contributed by atoms with E-state index in [0.717, 1.165) is 29.7 Å². The second-order valence-electron chi connectivity index (χ2n) is 9.21. The highest BCUT2D eigenvalue weighted by Crippen LogP contribution is 2.33. The topological polar surface area (TPSA) is 101 Å². The van der Waals surface area contributed by atoms with Crippen LogP contribution in [0.4, 0.5) is 0 Å². The number of hydrogen-bond acceptors (Lipinski definition) is 7. The molecule has 3 aromatic rings. The fourth-order valence-corrected chi connectivity index (χ4v) is 4.94. The van der Waals surface area contributed by atoms with Gasteiger partial charge in [-0.05, 0) is 36.1 Å². The van der Waals surface area contributed by atoms with Crippen LogP contribution in [0.2, 0.25) is 0 Å². The largest absolute Gasteiger partial charge is 0.399 e. The summed E-state index contributed by atoms with van der Waals surface area (Å²) in [6.07, 6.45) is 2.03. The molecule has 0 radical (unpaired) electrons. The average molecular weight is 488 g/mol. The Balaban J connectivity index is 1.34. The van der Waals surface area contributed by atoms with Crippen molar-refractivity contribution >= 4 is 17.5 Å². The first-order valence-electron chi connectivity index (χ1n) is 12.2. The molecule has 0 spiro atoms. The Hall–Kier alpha value is -4.01. The minimum Gasteiger partial charge on any atom is -0.399 e. The van der Waals surface area contributed by atoms with Gasteiger partial charge in [0.1, 0.15) is 13.2 Å².